The summed E-state index contributed by atoms with van der Waals surface area (Å²) in [5, 5.41) is 0. The smallest absolute Gasteiger partial charge is 0.187 e. The van der Waals surface area contributed by atoms with Gasteiger partial charge in [-0.2, -0.15) is 13.5 Å². The van der Waals surface area contributed by atoms with Crippen LogP contribution in [0.3, 0.4) is 0 Å². The second-order valence-corrected chi connectivity index (χ2v) is 19.4. The zero-order valence-corrected chi connectivity index (χ0v) is 43.7. The van der Waals surface area contributed by atoms with Crippen LogP contribution < -0.4 is 0 Å². The van der Waals surface area contributed by atoms with Crippen molar-refractivity contribution in [2.45, 2.75) is 82.6 Å². The fourth-order valence-electron chi connectivity index (χ4n) is 10.2. The SMILES string of the molecule is C.S.[C-]#[N+]c1ccc2c(c1)COC2(CCCN(C)C)c1ccc(F)cc1.[C-]#[N+]c1ccc2c(c1)COC2(CCCN(C)C)c1ccc(F)cc1.[C-]#[N+]c1ccc2c(c1)COC2(CCCN(C)C)c1ccc(F)cc1. The first-order valence-electron chi connectivity index (χ1n) is 24.3. The molecule has 0 saturated carbocycles. The van der Waals surface area contributed by atoms with E-state index in [1.807, 2.05) is 91.0 Å². The lowest BCUT2D eigenvalue weighted by Crippen LogP contribution is -2.28. The summed E-state index contributed by atoms with van der Waals surface area (Å²) in [6.45, 7) is 25.9. The second-order valence-electron chi connectivity index (χ2n) is 19.4. The van der Waals surface area contributed by atoms with Gasteiger partial charge < -0.3 is 28.9 Å². The van der Waals surface area contributed by atoms with E-state index in [1.54, 1.807) is 0 Å². The molecule has 3 aliphatic rings. The van der Waals surface area contributed by atoms with Gasteiger partial charge in [0.15, 0.2) is 17.1 Å². The van der Waals surface area contributed by atoms with Crippen molar-refractivity contribution in [2.24, 2.45) is 0 Å². The third-order valence-corrected chi connectivity index (χ3v) is 13.7. The van der Waals surface area contributed by atoms with Gasteiger partial charge in [0.25, 0.3) is 0 Å². The van der Waals surface area contributed by atoms with Crippen LogP contribution in [-0.2, 0) is 50.8 Å². The van der Waals surface area contributed by atoms with Crippen LogP contribution in [-0.4, -0.2) is 76.6 Å². The topological polar surface area (TPSA) is 50.5 Å². The number of hydrogen-bond acceptors (Lipinski definition) is 6. The zero-order chi connectivity index (χ0) is 51.5. The van der Waals surface area contributed by atoms with E-state index in [2.05, 4.69) is 71.5 Å². The molecule has 3 heterocycles. The van der Waals surface area contributed by atoms with Gasteiger partial charge in [-0.3, -0.25) is 0 Å². The molecule has 0 spiro atoms. The van der Waals surface area contributed by atoms with Crippen LogP contribution in [0.15, 0.2) is 127 Å². The van der Waals surface area contributed by atoms with E-state index in [1.165, 1.54) is 36.4 Å². The van der Waals surface area contributed by atoms with E-state index < -0.39 is 16.8 Å². The predicted octanol–water partition coefficient (Wildman–Crippen LogP) is 14.2. The monoisotopic (exact) mass is 1020 g/mol. The molecule has 6 aromatic rings. The number of nitrogens with zero attached hydrogens (tertiary/aromatic N) is 6. The van der Waals surface area contributed by atoms with Crippen molar-refractivity contribution < 1.29 is 27.4 Å². The van der Waals surface area contributed by atoms with E-state index in [0.29, 0.717) is 36.9 Å². The Bertz CT molecular complexity index is 2620. The molecule has 0 aliphatic carbocycles. The normalized spacial score (nSPS) is 18.8. The summed E-state index contributed by atoms with van der Waals surface area (Å²) < 4.78 is 58.9. The van der Waals surface area contributed by atoms with Gasteiger partial charge in [0.1, 0.15) is 34.3 Å². The number of rotatable bonds is 15. The minimum absolute atomic E-state index is 0. The van der Waals surface area contributed by atoms with Crippen molar-refractivity contribution in [3.05, 3.63) is 229 Å². The average molecular weight is 1020 g/mol. The van der Waals surface area contributed by atoms with Crippen LogP contribution in [0.25, 0.3) is 14.5 Å². The van der Waals surface area contributed by atoms with Gasteiger partial charge >= 0.3 is 0 Å². The molecule has 0 N–H and O–H groups in total. The number of benzene rings is 6. The van der Waals surface area contributed by atoms with Crippen molar-refractivity contribution in [2.75, 3.05) is 61.9 Å². The Hall–Kier alpha value is -6.31. The van der Waals surface area contributed by atoms with Crippen LogP contribution in [0.4, 0.5) is 30.2 Å². The van der Waals surface area contributed by atoms with Crippen LogP contribution in [0.1, 0.15) is 96.0 Å². The van der Waals surface area contributed by atoms with Gasteiger partial charge in [-0.1, -0.05) is 98.4 Å². The van der Waals surface area contributed by atoms with Gasteiger partial charge in [0, 0.05) is 0 Å². The summed E-state index contributed by atoms with van der Waals surface area (Å²) in [5.41, 5.74) is 9.57. The molecule has 0 fully saturated rings. The summed E-state index contributed by atoms with van der Waals surface area (Å²) in [6.07, 6.45) is 5.36. The third kappa shape index (κ3) is 13.3. The largest absolute Gasteiger partial charge is 0.361 e. The van der Waals surface area contributed by atoms with Crippen molar-refractivity contribution in [3.8, 4) is 0 Å². The Balaban J connectivity index is 0.000000203. The maximum atomic E-state index is 13.4. The highest BCUT2D eigenvalue weighted by molar-refractivity contribution is 7.59. The van der Waals surface area contributed by atoms with Gasteiger partial charge in [0.05, 0.1) is 39.5 Å². The number of fused-ring (bicyclic) bond motifs is 3. The van der Waals surface area contributed by atoms with Crippen molar-refractivity contribution >= 4 is 30.6 Å². The van der Waals surface area contributed by atoms with Gasteiger partial charge in [-0.05, 0) is 187 Å². The third-order valence-electron chi connectivity index (χ3n) is 13.7. The summed E-state index contributed by atoms with van der Waals surface area (Å²) >= 11 is 0. The molecular weight excluding hydrogens is 954 g/mol. The van der Waals surface area contributed by atoms with Crippen LogP contribution >= 0.6 is 13.5 Å². The summed E-state index contributed by atoms with van der Waals surface area (Å²) in [5.74, 6) is -0.740. The molecule has 3 aliphatic heterocycles. The molecule has 0 radical (unpaired) electrons. The first-order valence-corrected chi connectivity index (χ1v) is 24.3. The fraction of sp³-hybridized carbons (Fsp3) is 0.361. The maximum absolute atomic E-state index is 13.4. The molecule has 0 aromatic heterocycles. The molecule has 9 rings (SSSR count). The number of hydrogen-bond donors (Lipinski definition) is 0. The van der Waals surface area contributed by atoms with Gasteiger partial charge in [-0.25, -0.2) is 27.7 Å². The van der Waals surface area contributed by atoms with Crippen molar-refractivity contribution in [3.63, 3.8) is 0 Å². The highest BCUT2D eigenvalue weighted by Crippen LogP contribution is 2.49. The molecule has 74 heavy (non-hydrogen) atoms. The van der Waals surface area contributed by atoms with Gasteiger partial charge in [0.2, 0.25) is 0 Å². The lowest BCUT2D eigenvalue weighted by atomic mass is 9.82. The Morgan fingerprint density at radius 3 is 0.878 bits per heavy atom. The average Bonchev–Trinajstić information content (AvgIpc) is 4.06. The minimum atomic E-state index is -0.556. The molecule has 3 unspecified atom stereocenters. The molecule has 3 atom stereocenters. The first kappa shape index (κ1) is 58.6. The summed E-state index contributed by atoms with van der Waals surface area (Å²) in [6, 6.07) is 37.0. The Kier molecular flexibility index (Phi) is 20.8. The van der Waals surface area contributed by atoms with E-state index >= 15 is 0 Å². The lowest BCUT2D eigenvalue weighted by molar-refractivity contribution is -0.0141. The van der Waals surface area contributed by atoms with E-state index in [0.717, 1.165) is 108 Å². The quantitative estimate of drug-likeness (QED) is 0.0956. The highest BCUT2D eigenvalue weighted by atomic mass is 32.1. The fourth-order valence-corrected chi connectivity index (χ4v) is 10.2. The highest BCUT2D eigenvalue weighted by Gasteiger charge is 2.44. The zero-order valence-electron chi connectivity index (χ0n) is 42.7. The summed E-state index contributed by atoms with van der Waals surface area (Å²) in [7, 11) is 12.3. The van der Waals surface area contributed by atoms with E-state index in [4.69, 9.17) is 33.9 Å². The molecule has 9 nitrogen and oxygen atoms in total. The lowest BCUT2D eigenvalue weighted by Gasteiger charge is -2.31. The standard InChI is InChI=1S/3C20H21FN2O.CH4.H2S/c3*1-22-18-9-10-19-15(13-18)14-24-20(19,11-4-12-23(2)3)16-5-7-17(21)8-6-16;;/h3*5-10,13H,4,11-12,14H2,2-3H3;1H4;1H2. The number of ether oxygens (including phenoxy) is 3. The molecule has 6 aromatic carbocycles. The predicted molar refractivity (Wildman–Crippen MR) is 294 cm³/mol. The molecule has 388 valence electrons. The van der Waals surface area contributed by atoms with Crippen LogP contribution in [0, 0.1) is 37.2 Å². The Morgan fingerprint density at radius 2 is 0.662 bits per heavy atom. The van der Waals surface area contributed by atoms with Crippen molar-refractivity contribution in [1.82, 2.24) is 14.7 Å². The molecule has 0 amide bonds. The summed E-state index contributed by atoms with van der Waals surface area (Å²) in [4.78, 5) is 17.0. The number of halogens is 3. The van der Waals surface area contributed by atoms with E-state index in [9.17, 15) is 13.2 Å². The van der Waals surface area contributed by atoms with Crippen LogP contribution in [0.2, 0.25) is 0 Å². The van der Waals surface area contributed by atoms with Crippen LogP contribution in [0.5, 0.6) is 0 Å². The Morgan fingerprint density at radius 1 is 0.419 bits per heavy atom. The molecule has 0 bridgehead atoms. The minimum Gasteiger partial charge on any atom is -0.361 e. The van der Waals surface area contributed by atoms with E-state index in [-0.39, 0.29) is 38.4 Å². The molecule has 0 saturated heterocycles. The maximum Gasteiger partial charge on any atom is 0.187 e. The molecule has 13 heteroatoms. The molecular formula is C61H69F3N6O3S. The Labute approximate surface area is 444 Å². The van der Waals surface area contributed by atoms with Gasteiger partial charge in [-0.15, -0.1) is 0 Å². The van der Waals surface area contributed by atoms with Crippen molar-refractivity contribution in [1.29, 1.82) is 0 Å². The first-order chi connectivity index (χ1) is 34.6. The second kappa shape index (κ2) is 26.3.